The van der Waals surface area contributed by atoms with Gasteiger partial charge in [-0.25, -0.2) is 0 Å². The minimum Gasteiger partial charge on any atom is -0.337 e. The largest absolute Gasteiger partial charge is 0.337 e. The van der Waals surface area contributed by atoms with Gasteiger partial charge in [0.1, 0.15) is 5.69 Å². The van der Waals surface area contributed by atoms with Crippen molar-refractivity contribution >= 4 is 18.3 Å². The summed E-state index contributed by atoms with van der Waals surface area (Å²) in [7, 11) is 1.91. The Morgan fingerprint density at radius 3 is 2.60 bits per heavy atom. The summed E-state index contributed by atoms with van der Waals surface area (Å²) >= 11 is 0. The number of piperidine rings is 1. The highest BCUT2D eigenvalue weighted by Crippen LogP contribution is 2.29. The lowest BCUT2D eigenvalue weighted by atomic mass is 9.98. The van der Waals surface area contributed by atoms with Gasteiger partial charge in [0.15, 0.2) is 0 Å². The maximum atomic E-state index is 12.4. The number of carbonyl (C=O) groups excluding carboxylic acids is 1. The number of fused-ring (bicyclic) bond motifs is 2. The molecule has 6 heteroatoms. The van der Waals surface area contributed by atoms with E-state index in [0.29, 0.717) is 23.8 Å². The van der Waals surface area contributed by atoms with Gasteiger partial charge in [0.05, 0.1) is 0 Å². The SMILES string of the molecule is CCc1cc(C(=O)N(C)C2CC3CCC(C2)N3)n[nH]1.Cl. The molecule has 5 nitrogen and oxygen atoms in total. The van der Waals surface area contributed by atoms with Crippen LogP contribution in [0, 0.1) is 0 Å². The third kappa shape index (κ3) is 2.83. The maximum Gasteiger partial charge on any atom is 0.274 e. The Balaban J connectivity index is 0.00000147. The van der Waals surface area contributed by atoms with E-state index in [2.05, 4.69) is 22.4 Å². The number of halogens is 1. The molecule has 1 aromatic heterocycles. The van der Waals surface area contributed by atoms with Crippen molar-refractivity contribution in [1.29, 1.82) is 0 Å². The predicted molar refractivity (Wildman–Crippen MR) is 80.3 cm³/mol. The quantitative estimate of drug-likeness (QED) is 0.894. The summed E-state index contributed by atoms with van der Waals surface area (Å²) in [6, 6.07) is 3.43. The summed E-state index contributed by atoms with van der Waals surface area (Å²) in [6.07, 6.45) is 5.53. The van der Waals surface area contributed by atoms with Gasteiger partial charge in [-0.2, -0.15) is 5.10 Å². The molecule has 0 aromatic carbocycles. The van der Waals surface area contributed by atoms with Crippen molar-refractivity contribution in [3.63, 3.8) is 0 Å². The molecule has 112 valence electrons. The van der Waals surface area contributed by atoms with Crippen LogP contribution in [0.15, 0.2) is 6.07 Å². The summed E-state index contributed by atoms with van der Waals surface area (Å²) in [5.41, 5.74) is 1.56. The number of aromatic nitrogens is 2. The lowest BCUT2D eigenvalue weighted by Crippen LogP contribution is -2.48. The van der Waals surface area contributed by atoms with Crippen molar-refractivity contribution in [3.8, 4) is 0 Å². The fraction of sp³-hybridized carbons (Fsp3) is 0.714. The first kappa shape index (κ1) is 15.3. The van der Waals surface area contributed by atoms with Crippen molar-refractivity contribution < 1.29 is 4.79 Å². The third-order valence-electron chi connectivity index (χ3n) is 4.55. The van der Waals surface area contributed by atoms with Gasteiger partial charge < -0.3 is 10.2 Å². The number of H-pyrrole nitrogens is 1. The first-order valence-electron chi connectivity index (χ1n) is 7.25. The normalized spacial score (nSPS) is 28.0. The second-order valence-electron chi connectivity index (χ2n) is 5.81. The molecule has 2 fully saturated rings. The van der Waals surface area contributed by atoms with Gasteiger partial charge in [0.2, 0.25) is 0 Å². The third-order valence-corrected chi connectivity index (χ3v) is 4.55. The Hall–Kier alpha value is -1.07. The van der Waals surface area contributed by atoms with E-state index < -0.39 is 0 Å². The number of nitrogens with zero attached hydrogens (tertiary/aromatic N) is 2. The molecule has 2 saturated heterocycles. The molecule has 2 N–H and O–H groups in total. The molecule has 2 bridgehead atoms. The van der Waals surface area contributed by atoms with E-state index in [9.17, 15) is 4.79 Å². The highest BCUT2D eigenvalue weighted by Gasteiger charge is 2.36. The minimum absolute atomic E-state index is 0. The van der Waals surface area contributed by atoms with Crippen LogP contribution < -0.4 is 5.32 Å². The summed E-state index contributed by atoms with van der Waals surface area (Å²) in [5, 5.41) is 10.6. The Morgan fingerprint density at radius 1 is 1.40 bits per heavy atom. The molecular weight excluding hydrogens is 276 g/mol. The number of carbonyl (C=O) groups is 1. The average Bonchev–Trinajstić information content (AvgIpc) is 3.03. The molecule has 2 atom stereocenters. The standard InChI is InChI=1S/C14H22N4O.ClH/c1-3-9-8-13(17-16-9)14(19)18(2)12-6-10-4-5-11(7-12)15-10;/h8,10-12,15H,3-7H2,1-2H3,(H,16,17);1H. The number of hydrogen-bond donors (Lipinski definition) is 2. The van der Waals surface area contributed by atoms with E-state index in [4.69, 9.17) is 0 Å². The van der Waals surface area contributed by atoms with Crippen LogP contribution in [0.5, 0.6) is 0 Å². The number of rotatable bonds is 3. The fourth-order valence-corrected chi connectivity index (χ4v) is 3.34. The molecule has 1 amide bonds. The maximum absolute atomic E-state index is 12.4. The zero-order valence-corrected chi connectivity index (χ0v) is 12.9. The van der Waals surface area contributed by atoms with E-state index >= 15 is 0 Å². The average molecular weight is 299 g/mol. The topological polar surface area (TPSA) is 61.0 Å². The van der Waals surface area contributed by atoms with Crippen LogP contribution in [0.4, 0.5) is 0 Å². The Kier molecular flexibility index (Phi) is 4.70. The molecule has 1 aromatic rings. The number of nitrogens with one attached hydrogen (secondary N) is 2. The zero-order chi connectivity index (χ0) is 13.4. The van der Waals surface area contributed by atoms with Crippen LogP contribution in [-0.4, -0.2) is 46.2 Å². The van der Waals surface area contributed by atoms with Crippen molar-refractivity contribution in [3.05, 3.63) is 17.5 Å². The molecule has 0 aliphatic carbocycles. The highest BCUT2D eigenvalue weighted by molar-refractivity contribution is 5.92. The van der Waals surface area contributed by atoms with Gasteiger partial charge in [0.25, 0.3) is 5.91 Å². The summed E-state index contributed by atoms with van der Waals surface area (Å²) in [5.74, 6) is 0.0438. The van der Waals surface area contributed by atoms with E-state index in [-0.39, 0.29) is 18.3 Å². The second kappa shape index (κ2) is 6.14. The fourth-order valence-electron chi connectivity index (χ4n) is 3.34. The van der Waals surface area contributed by atoms with Crippen molar-refractivity contribution in [2.75, 3.05) is 7.05 Å². The number of aromatic amines is 1. The molecule has 2 aliphatic rings. The molecular formula is C14H23ClN4O. The van der Waals surface area contributed by atoms with Gasteiger partial charge in [-0.05, 0) is 38.2 Å². The molecule has 0 spiro atoms. The molecule has 3 rings (SSSR count). The van der Waals surface area contributed by atoms with Crippen molar-refractivity contribution in [1.82, 2.24) is 20.4 Å². The van der Waals surface area contributed by atoms with Crippen LogP contribution in [0.3, 0.4) is 0 Å². The smallest absolute Gasteiger partial charge is 0.274 e. The first-order chi connectivity index (χ1) is 9.17. The van der Waals surface area contributed by atoms with E-state index in [1.54, 1.807) is 0 Å². The van der Waals surface area contributed by atoms with Gasteiger partial charge in [-0.15, -0.1) is 12.4 Å². The lowest BCUT2D eigenvalue weighted by molar-refractivity contribution is 0.0675. The van der Waals surface area contributed by atoms with Crippen molar-refractivity contribution in [2.45, 2.75) is 57.2 Å². The minimum atomic E-state index is 0. The van der Waals surface area contributed by atoms with Crippen LogP contribution in [0.1, 0.15) is 48.8 Å². The van der Waals surface area contributed by atoms with Crippen LogP contribution in [-0.2, 0) is 6.42 Å². The lowest BCUT2D eigenvalue weighted by Gasteiger charge is -2.35. The zero-order valence-electron chi connectivity index (χ0n) is 12.1. The number of hydrogen-bond acceptors (Lipinski definition) is 3. The molecule has 2 aliphatic heterocycles. The molecule has 0 saturated carbocycles. The van der Waals surface area contributed by atoms with E-state index in [1.165, 1.54) is 12.8 Å². The van der Waals surface area contributed by atoms with E-state index in [1.807, 2.05) is 18.0 Å². The van der Waals surface area contributed by atoms with Crippen LogP contribution >= 0.6 is 12.4 Å². The van der Waals surface area contributed by atoms with Crippen LogP contribution in [0.25, 0.3) is 0 Å². The molecule has 3 heterocycles. The monoisotopic (exact) mass is 298 g/mol. The Morgan fingerprint density at radius 2 is 2.05 bits per heavy atom. The van der Waals surface area contributed by atoms with Gasteiger partial charge in [-0.1, -0.05) is 6.92 Å². The first-order valence-corrected chi connectivity index (χ1v) is 7.25. The second-order valence-corrected chi connectivity index (χ2v) is 5.81. The summed E-state index contributed by atoms with van der Waals surface area (Å²) in [6.45, 7) is 2.05. The number of amides is 1. The Labute approximate surface area is 125 Å². The molecule has 0 radical (unpaired) electrons. The predicted octanol–water partition coefficient (Wildman–Crippen LogP) is 1.75. The van der Waals surface area contributed by atoms with E-state index in [0.717, 1.165) is 25.0 Å². The van der Waals surface area contributed by atoms with Gasteiger partial charge >= 0.3 is 0 Å². The summed E-state index contributed by atoms with van der Waals surface area (Å²) in [4.78, 5) is 14.3. The summed E-state index contributed by atoms with van der Waals surface area (Å²) < 4.78 is 0. The van der Waals surface area contributed by atoms with Crippen molar-refractivity contribution in [2.24, 2.45) is 0 Å². The highest BCUT2D eigenvalue weighted by atomic mass is 35.5. The van der Waals surface area contributed by atoms with Gasteiger partial charge in [0, 0.05) is 30.9 Å². The van der Waals surface area contributed by atoms with Gasteiger partial charge in [-0.3, -0.25) is 9.89 Å². The Bertz CT molecular complexity index is 463. The molecule has 2 unspecified atom stereocenters. The molecule has 20 heavy (non-hydrogen) atoms. The van der Waals surface area contributed by atoms with Crippen LogP contribution in [0.2, 0.25) is 0 Å². The number of aryl methyl sites for hydroxylation is 1.